The van der Waals surface area contributed by atoms with Crippen molar-refractivity contribution < 1.29 is 35.9 Å². The van der Waals surface area contributed by atoms with Crippen LogP contribution in [0.2, 0.25) is 0 Å². The van der Waals surface area contributed by atoms with Gasteiger partial charge in [-0.2, -0.15) is 8.61 Å². The molecule has 0 saturated heterocycles. The lowest BCUT2D eigenvalue weighted by molar-refractivity contribution is 0.0387. The lowest BCUT2D eigenvalue weighted by Crippen LogP contribution is -2.42. The van der Waals surface area contributed by atoms with E-state index in [1.54, 1.807) is 41.5 Å². The topological polar surface area (TPSA) is 127 Å². The van der Waals surface area contributed by atoms with Crippen LogP contribution in [0.4, 0.5) is 9.59 Å². The first-order valence-corrected chi connectivity index (χ1v) is 22.7. The van der Waals surface area contributed by atoms with Gasteiger partial charge in [-0.1, -0.05) is 120 Å². The van der Waals surface area contributed by atoms with Gasteiger partial charge in [0.05, 0.1) is 22.9 Å². The molecule has 0 N–H and O–H groups in total. The molecule has 12 heteroatoms. The molecule has 0 heterocycles. The molecule has 2 rings (SSSR count). The molecule has 0 aliphatic heterocycles. The lowest BCUT2D eigenvalue weighted by atomic mass is 9.89. The van der Waals surface area contributed by atoms with Crippen molar-refractivity contribution in [3.05, 3.63) is 69.8 Å². The number of benzene rings is 2. The van der Waals surface area contributed by atoms with E-state index in [0.29, 0.717) is 30.9 Å². The third-order valence-corrected chi connectivity index (χ3v) is 12.9. The maximum absolute atomic E-state index is 14.8. The lowest BCUT2D eigenvalue weighted by Gasteiger charge is -2.30. The predicted molar refractivity (Wildman–Crippen MR) is 227 cm³/mol. The SMILES string of the molecule is CC(C)c1cc(C(C)C)c(S(=O)(=O)N(C/C=C\CN(C(=O)OC(C)(C)C)S(=O)(=O)c2c(C(C)C)cc(C(C)C)cc2C(C)C)C(=O)OC(C)(C)C)c(C(C)C)c1. The van der Waals surface area contributed by atoms with Crippen LogP contribution < -0.4 is 0 Å². The second-order valence-corrected chi connectivity index (χ2v) is 22.1. The fraction of sp³-hybridized carbons (Fsp3) is 0.636. The van der Waals surface area contributed by atoms with Crippen molar-refractivity contribution in [3.63, 3.8) is 0 Å². The number of ether oxygens (including phenoxy) is 2. The van der Waals surface area contributed by atoms with Crippen molar-refractivity contribution in [2.45, 2.75) is 181 Å². The van der Waals surface area contributed by atoms with E-state index in [4.69, 9.17) is 9.47 Å². The van der Waals surface area contributed by atoms with Gasteiger partial charge >= 0.3 is 12.2 Å². The summed E-state index contributed by atoms with van der Waals surface area (Å²) in [6.45, 7) is 32.4. The number of sulfonamides is 2. The molecule has 0 atom stereocenters. The number of carbonyl (C=O) groups is 2. The maximum Gasteiger partial charge on any atom is 0.424 e. The minimum absolute atomic E-state index is 0.0522. The Hall–Kier alpha value is -3.38. The van der Waals surface area contributed by atoms with Gasteiger partial charge in [-0.3, -0.25) is 0 Å². The Bertz CT molecular complexity index is 1760. The standard InChI is InChI=1S/C44H70N2O8S2/c1-27(2)33-23-35(29(5)6)39(36(24-33)30(7)8)55(49,50)45(41(47)53-43(13,14)15)21-19-20-22-46(42(48)54-44(16,17)18)56(51,52)40-37(31(9)10)25-34(28(3)4)26-38(40)32(11)12/h19-20,23-32H,21-22H2,1-18H3/b20-19-. The molecule has 0 fully saturated rings. The van der Waals surface area contributed by atoms with Crippen molar-refractivity contribution in [1.82, 2.24) is 8.61 Å². The number of amides is 2. The Kier molecular flexibility index (Phi) is 16.1. The Morgan fingerprint density at radius 1 is 0.500 bits per heavy atom. The minimum Gasteiger partial charge on any atom is -0.443 e. The molecular weight excluding hydrogens is 749 g/mol. The molecule has 2 aromatic rings. The summed E-state index contributed by atoms with van der Waals surface area (Å²) in [6, 6.07) is 7.58. The Labute approximate surface area is 339 Å². The Morgan fingerprint density at radius 2 is 0.732 bits per heavy atom. The fourth-order valence-electron chi connectivity index (χ4n) is 6.10. The van der Waals surface area contributed by atoms with Gasteiger partial charge in [-0.25, -0.2) is 26.4 Å². The highest BCUT2D eigenvalue weighted by molar-refractivity contribution is 7.90. The molecule has 0 saturated carbocycles. The highest BCUT2D eigenvalue weighted by Gasteiger charge is 2.39. The van der Waals surface area contributed by atoms with Crippen LogP contribution in [0.15, 0.2) is 46.2 Å². The monoisotopic (exact) mass is 818 g/mol. The van der Waals surface area contributed by atoms with E-state index in [1.165, 1.54) is 12.2 Å². The van der Waals surface area contributed by atoms with Crippen LogP contribution in [0.25, 0.3) is 0 Å². The minimum atomic E-state index is -4.54. The maximum atomic E-state index is 14.8. The smallest absolute Gasteiger partial charge is 0.424 e. The van der Waals surface area contributed by atoms with Crippen molar-refractivity contribution >= 4 is 32.2 Å². The molecule has 0 spiro atoms. The first-order chi connectivity index (χ1) is 25.3. The third kappa shape index (κ3) is 12.1. The van der Waals surface area contributed by atoms with E-state index in [-0.39, 0.29) is 45.3 Å². The van der Waals surface area contributed by atoms with Crippen molar-refractivity contribution in [2.24, 2.45) is 0 Å². The molecule has 316 valence electrons. The van der Waals surface area contributed by atoms with Crippen LogP contribution >= 0.6 is 0 Å². The van der Waals surface area contributed by atoms with Crippen LogP contribution in [0, 0.1) is 0 Å². The summed E-state index contributed by atoms with van der Waals surface area (Å²) < 4.78 is 71.9. The Morgan fingerprint density at radius 3 is 0.911 bits per heavy atom. The first kappa shape index (κ1) is 48.8. The summed E-state index contributed by atoms with van der Waals surface area (Å²) in [6.07, 6.45) is 0.583. The van der Waals surface area contributed by atoms with E-state index in [9.17, 15) is 26.4 Å². The largest absolute Gasteiger partial charge is 0.443 e. The van der Waals surface area contributed by atoms with Crippen LogP contribution in [0.1, 0.15) is 194 Å². The third-order valence-electron chi connectivity index (χ3n) is 9.16. The molecule has 10 nitrogen and oxygen atoms in total. The van der Waals surface area contributed by atoms with Gasteiger partial charge in [-0.15, -0.1) is 0 Å². The molecule has 0 bridgehead atoms. The molecular formula is C44H70N2O8S2. The fourth-order valence-corrected chi connectivity index (χ4v) is 9.95. The van der Waals surface area contributed by atoms with Crippen LogP contribution in [-0.2, 0) is 29.5 Å². The van der Waals surface area contributed by atoms with E-state index >= 15 is 0 Å². The van der Waals surface area contributed by atoms with Gasteiger partial charge in [0.25, 0.3) is 20.0 Å². The van der Waals surface area contributed by atoms with Crippen molar-refractivity contribution in [3.8, 4) is 0 Å². The zero-order chi connectivity index (χ0) is 43.5. The van der Waals surface area contributed by atoms with Crippen molar-refractivity contribution in [1.29, 1.82) is 0 Å². The number of hydrogen-bond acceptors (Lipinski definition) is 8. The van der Waals surface area contributed by atoms with E-state index in [2.05, 4.69) is 0 Å². The zero-order valence-electron chi connectivity index (χ0n) is 37.3. The second kappa shape index (κ2) is 18.5. The highest BCUT2D eigenvalue weighted by Crippen LogP contribution is 2.39. The molecule has 56 heavy (non-hydrogen) atoms. The summed E-state index contributed by atoms with van der Waals surface area (Å²) in [5, 5.41) is 0. The first-order valence-electron chi connectivity index (χ1n) is 19.9. The predicted octanol–water partition coefficient (Wildman–Crippen LogP) is 11.5. The van der Waals surface area contributed by atoms with Crippen LogP contribution in [0.3, 0.4) is 0 Å². The average Bonchev–Trinajstić information content (AvgIpc) is 3.02. The average molecular weight is 819 g/mol. The quantitative estimate of drug-likeness (QED) is 0.172. The Balaban J connectivity index is 2.85. The van der Waals surface area contributed by atoms with Gasteiger partial charge in [0, 0.05) is 0 Å². The number of carbonyl (C=O) groups excluding carboxylic acids is 2. The second-order valence-electron chi connectivity index (χ2n) is 18.5. The summed E-state index contributed by atoms with van der Waals surface area (Å²) >= 11 is 0. The van der Waals surface area contributed by atoms with Gasteiger partial charge in [-0.05, 0) is 110 Å². The molecule has 0 aliphatic rings. The van der Waals surface area contributed by atoms with Gasteiger partial charge in [0.15, 0.2) is 0 Å². The highest BCUT2D eigenvalue weighted by atomic mass is 32.2. The number of rotatable bonds is 14. The molecule has 2 aromatic carbocycles. The van der Waals surface area contributed by atoms with Crippen LogP contribution in [0.5, 0.6) is 0 Å². The van der Waals surface area contributed by atoms with Crippen LogP contribution in [-0.4, -0.2) is 61.9 Å². The van der Waals surface area contributed by atoms with Gasteiger partial charge in [0.2, 0.25) is 0 Å². The summed E-state index contributed by atoms with van der Waals surface area (Å²) in [5.41, 5.74) is 2.29. The molecule has 0 aromatic heterocycles. The van der Waals surface area contributed by atoms with E-state index in [1.807, 2.05) is 107 Å². The van der Waals surface area contributed by atoms with E-state index in [0.717, 1.165) is 11.1 Å². The molecule has 2 amide bonds. The summed E-state index contributed by atoms with van der Waals surface area (Å²) in [5.74, 6) is -0.503. The number of hydrogen-bond donors (Lipinski definition) is 0. The number of nitrogens with zero attached hydrogens (tertiary/aromatic N) is 2. The molecule has 0 unspecified atom stereocenters. The normalized spacial score (nSPS) is 13.2. The van der Waals surface area contributed by atoms with Gasteiger partial charge in [0.1, 0.15) is 11.2 Å². The van der Waals surface area contributed by atoms with Crippen molar-refractivity contribution in [2.75, 3.05) is 13.1 Å². The zero-order valence-corrected chi connectivity index (χ0v) is 39.0. The van der Waals surface area contributed by atoms with Gasteiger partial charge < -0.3 is 9.47 Å². The summed E-state index contributed by atoms with van der Waals surface area (Å²) in [4.78, 5) is 27.8. The summed E-state index contributed by atoms with van der Waals surface area (Å²) in [7, 11) is -9.07. The molecule has 0 radical (unpaired) electrons. The van der Waals surface area contributed by atoms with E-state index < -0.39 is 56.5 Å². The molecule has 0 aliphatic carbocycles.